The van der Waals surface area contributed by atoms with E-state index in [-0.39, 0.29) is 0 Å². The smallest absolute Gasteiger partial charge is 0.0722 e. The van der Waals surface area contributed by atoms with E-state index < -0.39 is 0 Å². The maximum absolute atomic E-state index is 5.24. The first-order chi connectivity index (χ1) is 27.7. The van der Waals surface area contributed by atoms with Gasteiger partial charge in [-0.2, -0.15) is 0 Å². The molecular formula is C54H38N2. The molecule has 0 aliphatic heterocycles. The molecule has 0 saturated carbocycles. The second-order valence-electron chi connectivity index (χ2n) is 14.4. The van der Waals surface area contributed by atoms with E-state index in [9.17, 15) is 0 Å². The molecule has 0 saturated heterocycles. The lowest BCUT2D eigenvalue weighted by Gasteiger charge is -2.24. The van der Waals surface area contributed by atoms with Crippen LogP contribution < -0.4 is 4.90 Å². The largest absolute Gasteiger partial charge is 0.344 e. The predicted molar refractivity (Wildman–Crippen MR) is 238 cm³/mol. The number of hydrogen-bond acceptors (Lipinski definition) is 2. The Morgan fingerprint density at radius 2 is 0.875 bits per heavy atom. The number of para-hydroxylation sites is 1. The Hall–Kier alpha value is -7.29. The summed E-state index contributed by atoms with van der Waals surface area (Å²) in [7, 11) is 2.15. The van der Waals surface area contributed by atoms with Crippen molar-refractivity contribution in [2.24, 2.45) is 0 Å². The molecule has 2 nitrogen and oxygen atoms in total. The first-order valence-electron chi connectivity index (χ1n) is 19.2. The number of hydrogen-bond donors (Lipinski definition) is 0. The van der Waals surface area contributed by atoms with Gasteiger partial charge in [0, 0.05) is 34.9 Å². The minimum Gasteiger partial charge on any atom is -0.344 e. The normalized spacial score (nSPS) is 11.3. The highest BCUT2D eigenvalue weighted by molar-refractivity contribution is 6.14. The van der Waals surface area contributed by atoms with Crippen LogP contribution in [0.1, 0.15) is 0 Å². The van der Waals surface area contributed by atoms with Crippen LogP contribution in [0.2, 0.25) is 0 Å². The van der Waals surface area contributed by atoms with E-state index in [4.69, 9.17) is 4.98 Å². The number of anilines is 2. The summed E-state index contributed by atoms with van der Waals surface area (Å²) >= 11 is 0. The van der Waals surface area contributed by atoms with Crippen LogP contribution >= 0.6 is 0 Å². The fourth-order valence-electron chi connectivity index (χ4n) is 8.26. The van der Waals surface area contributed by atoms with Gasteiger partial charge in [0.25, 0.3) is 0 Å². The second-order valence-corrected chi connectivity index (χ2v) is 14.4. The molecule has 0 spiro atoms. The Morgan fingerprint density at radius 3 is 1.55 bits per heavy atom. The summed E-state index contributed by atoms with van der Waals surface area (Å²) < 4.78 is 0. The molecule has 0 aliphatic carbocycles. The van der Waals surface area contributed by atoms with Crippen LogP contribution in [0.25, 0.3) is 88.2 Å². The predicted octanol–water partition coefficient (Wildman–Crippen LogP) is 14.6. The number of pyridine rings is 1. The van der Waals surface area contributed by atoms with Gasteiger partial charge in [0.05, 0.1) is 11.2 Å². The molecule has 0 fully saturated rings. The quantitative estimate of drug-likeness (QED) is 0.153. The third-order valence-corrected chi connectivity index (χ3v) is 11.1. The summed E-state index contributed by atoms with van der Waals surface area (Å²) in [6, 6.07) is 76.3. The van der Waals surface area contributed by atoms with Gasteiger partial charge in [-0.15, -0.1) is 0 Å². The van der Waals surface area contributed by atoms with Crippen LogP contribution in [0, 0.1) is 0 Å². The number of nitrogens with zero attached hydrogens (tertiary/aromatic N) is 2. The highest BCUT2D eigenvalue weighted by Crippen LogP contribution is 2.42. The molecule has 1 aromatic heterocycles. The molecule has 10 rings (SSSR count). The first-order valence-corrected chi connectivity index (χ1v) is 19.2. The molecule has 9 aromatic carbocycles. The average molecular weight is 715 g/mol. The van der Waals surface area contributed by atoms with Crippen LogP contribution in [-0.4, -0.2) is 12.0 Å². The Kier molecular flexibility index (Phi) is 8.42. The van der Waals surface area contributed by atoms with E-state index >= 15 is 0 Å². The zero-order valence-corrected chi connectivity index (χ0v) is 31.1. The molecule has 0 unspecified atom stereocenters. The summed E-state index contributed by atoms with van der Waals surface area (Å²) in [5.41, 5.74) is 15.0. The van der Waals surface area contributed by atoms with E-state index in [0.717, 1.165) is 28.1 Å². The van der Waals surface area contributed by atoms with E-state index in [1.807, 2.05) is 0 Å². The molecular weight excluding hydrogens is 677 g/mol. The van der Waals surface area contributed by atoms with Gasteiger partial charge >= 0.3 is 0 Å². The molecule has 0 amide bonds. The van der Waals surface area contributed by atoms with E-state index in [0.29, 0.717) is 0 Å². The van der Waals surface area contributed by atoms with Crippen LogP contribution in [0.5, 0.6) is 0 Å². The summed E-state index contributed by atoms with van der Waals surface area (Å²) in [5, 5.41) is 6.09. The van der Waals surface area contributed by atoms with Crippen LogP contribution in [0.3, 0.4) is 0 Å². The van der Waals surface area contributed by atoms with Gasteiger partial charge in [-0.05, 0) is 96.9 Å². The molecule has 264 valence electrons. The molecule has 0 atom stereocenters. The first kappa shape index (κ1) is 33.3. The van der Waals surface area contributed by atoms with Crippen molar-refractivity contribution in [1.29, 1.82) is 0 Å². The maximum Gasteiger partial charge on any atom is 0.0722 e. The minimum absolute atomic E-state index is 0.967. The van der Waals surface area contributed by atoms with Gasteiger partial charge in [-0.25, -0.2) is 4.98 Å². The zero-order valence-electron chi connectivity index (χ0n) is 31.1. The third kappa shape index (κ3) is 5.98. The van der Waals surface area contributed by atoms with Gasteiger partial charge in [0.1, 0.15) is 0 Å². The molecule has 0 aliphatic rings. The highest BCUT2D eigenvalue weighted by Gasteiger charge is 2.17. The lowest BCUT2D eigenvalue weighted by molar-refractivity contribution is 1.21. The molecule has 2 heteroatoms. The number of benzene rings is 9. The van der Waals surface area contributed by atoms with Gasteiger partial charge in [0.15, 0.2) is 0 Å². The molecule has 1 heterocycles. The summed E-state index contributed by atoms with van der Waals surface area (Å²) in [4.78, 5) is 7.51. The van der Waals surface area contributed by atoms with Crippen molar-refractivity contribution in [2.45, 2.75) is 0 Å². The number of fused-ring (bicyclic) bond motifs is 4. The maximum atomic E-state index is 5.24. The van der Waals surface area contributed by atoms with Crippen molar-refractivity contribution < 1.29 is 0 Å². The molecule has 56 heavy (non-hydrogen) atoms. The van der Waals surface area contributed by atoms with Gasteiger partial charge < -0.3 is 4.90 Å². The highest BCUT2D eigenvalue weighted by atomic mass is 15.1. The molecule has 10 aromatic rings. The lowest BCUT2D eigenvalue weighted by Crippen LogP contribution is -2.10. The van der Waals surface area contributed by atoms with E-state index in [2.05, 4.69) is 224 Å². The third-order valence-electron chi connectivity index (χ3n) is 11.1. The fraction of sp³-hybridized carbons (Fsp3) is 0.0185. The van der Waals surface area contributed by atoms with Crippen LogP contribution in [0.15, 0.2) is 212 Å². The van der Waals surface area contributed by atoms with Gasteiger partial charge in [-0.1, -0.05) is 176 Å². The minimum atomic E-state index is 0.967. The average Bonchev–Trinajstić information content (AvgIpc) is 3.28. The van der Waals surface area contributed by atoms with Gasteiger partial charge in [-0.3, -0.25) is 0 Å². The van der Waals surface area contributed by atoms with Crippen LogP contribution in [-0.2, 0) is 0 Å². The zero-order chi connectivity index (χ0) is 37.4. The SMILES string of the molecule is CN(c1ccccc1)c1ccc(-c2ccc(-c3ccc(-c4cc(-c5ccccc5)c5c(ccc6ccccc65)n4)cc3)c3ccccc23)cc1-c1ccccc1. The molecule has 0 radical (unpaired) electrons. The Morgan fingerprint density at radius 1 is 0.357 bits per heavy atom. The van der Waals surface area contributed by atoms with Crippen molar-refractivity contribution in [2.75, 3.05) is 11.9 Å². The number of aromatic nitrogens is 1. The van der Waals surface area contributed by atoms with Crippen molar-refractivity contribution >= 4 is 43.8 Å². The Labute approximate surface area is 327 Å². The topological polar surface area (TPSA) is 16.1 Å². The number of rotatable bonds is 7. The fourth-order valence-corrected chi connectivity index (χ4v) is 8.26. The van der Waals surface area contributed by atoms with E-state index in [1.165, 1.54) is 71.4 Å². The van der Waals surface area contributed by atoms with Crippen molar-refractivity contribution in [3.05, 3.63) is 212 Å². The lowest BCUT2D eigenvalue weighted by atomic mass is 9.90. The van der Waals surface area contributed by atoms with Gasteiger partial charge in [0.2, 0.25) is 0 Å². The summed E-state index contributed by atoms with van der Waals surface area (Å²) in [6.07, 6.45) is 0. The molecule has 0 N–H and O–H groups in total. The monoisotopic (exact) mass is 714 g/mol. The van der Waals surface area contributed by atoms with Crippen molar-refractivity contribution in [3.63, 3.8) is 0 Å². The standard InChI is InChI=1S/C54H38N2/c1-56(43-20-9-4-10-21-43)53-34-30-42(35-49(53)37-15-5-2-6-16-37)45-32-31-44(47-23-13-14-24-48(45)47)40-25-27-41(28-26-40)52-36-50(38-17-7-3-8-18-38)54-46-22-12-11-19-39(46)29-33-51(54)55-52/h2-36H,1H3. The summed E-state index contributed by atoms with van der Waals surface area (Å²) in [5.74, 6) is 0. The van der Waals surface area contributed by atoms with Crippen molar-refractivity contribution in [1.82, 2.24) is 4.98 Å². The summed E-state index contributed by atoms with van der Waals surface area (Å²) in [6.45, 7) is 0. The van der Waals surface area contributed by atoms with Crippen LogP contribution in [0.4, 0.5) is 11.4 Å². The van der Waals surface area contributed by atoms with Crippen molar-refractivity contribution in [3.8, 4) is 55.8 Å². The van der Waals surface area contributed by atoms with E-state index in [1.54, 1.807) is 0 Å². The molecule has 0 bridgehead atoms. The Balaban J connectivity index is 1.05. The second kappa shape index (κ2) is 14.2. The Bertz CT molecular complexity index is 3010.